The summed E-state index contributed by atoms with van der Waals surface area (Å²) in [6.07, 6.45) is 9.11. The molecule has 0 aromatic carbocycles. The van der Waals surface area contributed by atoms with Gasteiger partial charge in [-0.05, 0) is 36.5 Å². The Bertz CT molecular complexity index is 287. The van der Waals surface area contributed by atoms with Crippen LogP contribution >= 0.6 is 0 Å². The highest BCUT2D eigenvalue weighted by atomic mass is 16.5. The van der Waals surface area contributed by atoms with E-state index >= 15 is 0 Å². The molecule has 0 spiro atoms. The zero-order valence-corrected chi connectivity index (χ0v) is 8.69. The third-order valence-electron chi connectivity index (χ3n) is 4.36. The van der Waals surface area contributed by atoms with Gasteiger partial charge < -0.3 is 4.74 Å². The smallest absolute Gasteiger partial charge is 0.323 e. The van der Waals surface area contributed by atoms with Gasteiger partial charge in [0, 0.05) is 0 Å². The second-order valence-electron chi connectivity index (χ2n) is 4.76. The molecule has 2 saturated carbocycles. The minimum absolute atomic E-state index is 0.0715. The first kappa shape index (κ1) is 9.58. The molecule has 0 saturated heterocycles. The van der Waals surface area contributed by atoms with Crippen LogP contribution in [0.15, 0.2) is 0 Å². The first-order valence-electron chi connectivity index (χ1n) is 5.31. The quantitative estimate of drug-likeness (QED) is 0.469. The standard InChI is InChI=1S/C12H16O2/c1-4-14-12(13)11-6-9-5-10(11)8(3)7(9)2/h1,7-11H,5-6H2,2-3H3. The van der Waals surface area contributed by atoms with Crippen molar-refractivity contribution in [2.24, 2.45) is 29.6 Å². The van der Waals surface area contributed by atoms with Crippen LogP contribution in [0.1, 0.15) is 26.7 Å². The number of hydrogen-bond acceptors (Lipinski definition) is 2. The van der Waals surface area contributed by atoms with Crippen molar-refractivity contribution in [3.8, 4) is 12.5 Å². The highest BCUT2D eigenvalue weighted by Crippen LogP contribution is 2.55. The molecule has 0 aromatic heterocycles. The van der Waals surface area contributed by atoms with E-state index in [4.69, 9.17) is 6.42 Å². The van der Waals surface area contributed by atoms with Crippen LogP contribution in [0.3, 0.4) is 0 Å². The van der Waals surface area contributed by atoms with Gasteiger partial charge in [-0.2, -0.15) is 0 Å². The number of terminal acetylenes is 1. The minimum atomic E-state index is -0.182. The van der Waals surface area contributed by atoms with E-state index in [2.05, 4.69) is 18.6 Å². The van der Waals surface area contributed by atoms with E-state index in [1.54, 1.807) is 0 Å². The van der Waals surface area contributed by atoms with Crippen LogP contribution in [0.5, 0.6) is 0 Å². The third-order valence-corrected chi connectivity index (χ3v) is 4.36. The molecule has 2 aliphatic rings. The molecule has 2 rings (SSSR count). The molecule has 14 heavy (non-hydrogen) atoms. The largest absolute Gasteiger partial charge is 0.372 e. The van der Waals surface area contributed by atoms with Crippen LogP contribution in [0.4, 0.5) is 0 Å². The Morgan fingerprint density at radius 3 is 2.57 bits per heavy atom. The lowest BCUT2D eigenvalue weighted by Gasteiger charge is -2.29. The number of rotatable bonds is 1. The van der Waals surface area contributed by atoms with Crippen LogP contribution in [-0.2, 0) is 9.53 Å². The zero-order chi connectivity index (χ0) is 10.3. The number of esters is 1. The van der Waals surface area contributed by atoms with E-state index in [0.29, 0.717) is 17.8 Å². The normalized spacial score (nSPS) is 44.8. The Balaban J connectivity index is 2.07. The predicted octanol–water partition coefficient (Wildman–Crippen LogP) is 2.05. The first-order valence-corrected chi connectivity index (χ1v) is 5.31. The molecule has 76 valence electrons. The molecular weight excluding hydrogens is 176 g/mol. The lowest BCUT2D eigenvalue weighted by atomic mass is 9.76. The average molecular weight is 192 g/mol. The van der Waals surface area contributed by atoms with Gasteiger partial charge in [0.15, 0.2) is 0 Å². The first-order chi connectivity index (χ1) is 6.65. The van der Waals surface area contributed by atoms with Gasteiger partial charge in [0.05, 0.1) is 5.92 Å². The highest BCUT2D eigenvalue weighted by Gasteiger charge is 2.51. The van der Waals surface area contributed by atoms with Crippen molar-refractivity contribution in [3.63, 3.8) is 0 Å². The van der Waals surface area contributed by atoms with E-state index < -0.39 is 0 Å². The Hall–Kier alpha value is -0.970. The summed E-state index contributed by atoms with van der Waals surface area (Å²) in [6.45, 7) is 4.53. The number of hydrogen-bond donors (Lipinski definition) is 0. The van der Waals surface area contributed by atoms with Gasteiger partial charge in [-0.25, -0.2) is 0 Å². The zero-order valence-electron chi connectivity index (χ0n) is 8.69. The maximum atomic E-state index is 11.5. The fraction of sp³-hybridized carbons (Fsp3) is 0.750. The lowest BCUT2D eigenvalue weighted by Crippen LogP contribution is -2.30. The summed E-state index contributed by atoms with van der Waals surface area (Å²) in [4.78, 5) is 11.5. The molecule has 5 unspecified atom stereocenters. The number of fused-ring (bicyclic) bond motifs is 2. The van der Waals surface area contributed by atoms with Crippen LogP contribution < -0.4 is 0 Å². The van der Waals surface area contributed by atoms with Gasteiger partial charge in [0.2, 0.25) is 0 Å². The Labute approximate surface area is 85.0 Å². The molecule has 0 radical (unpaired) electrons. The van der Waals surface area contributed by atoms with Crippen LogP contribution in [-0.4, -0.2) is 5.97 Å². The summed E-state index contributed by atoms with van der Waals surface area (Å²) in [7, 11) is 0. The average Bonchev–Trinajstić information content (AvgIpc) is 2.68. The third kappa shape index (κ3) is 1.23. The second kappa shape index (κ2) is 3.31. The van der Waals surface area contributed by atoms with Gasteiger partial charge in [-0.1, -0.05) is 20.3 Å². The summed E-state index contributed by atoms with van der Waals surface area (Å²) in [5.41, 5.74) is 0. The summed E-state index contributed by atoms with van der Waals surface area (Å²) in [6, 6.07) is 0. The highest BCUT2D eigenvalue weighted by molar-refractivity contribution is 5.74. The monoisotopic (exact) mass is 192 g/mol. The predicted molar refractivity (Wildman–Crippen MR) is 53.0 cm³/mol. The molecular formula is C12H16O2. The fourth-order valence-corrected chi connectivity index (χ4v) is 3.35. The topological polar surface area (TPSA) is 26.3 Å². The second-order valence-corrected chi connectivity index (χ2v) is 4.76. The molecule has 0 heterocycles. The fourth-order valence-electron chi connectivity index (χ4n) is 3.35. The van der Waals surface area contributed by atoms with E-state index in [1.807, 2.05) is 6.11 Å². The van der Waals surface area contributed by atoms with Crippen molar-refractivity contribution < 1.29 is 9.53 Å². The van der Waals surface area contributed by atoms with Crippen molar-refractivity contribution in [3.05, 3.63) is 0 Å². The number of carbonyl (C=O) groups is 1. The van der Waals surface area contributed by atoms with Crippen molar-refractivity contribution in [2.75, 3.05) is 0 Å². The molecule has 0 aliphatic heterocycles. The summed E-state index contributed by atoms with van der Waals surface area (Å²) < 4.78 is 4.65. The molecule has 2 nitrogen and oxygen atoms in total. The molecule has 0 amide bonds. The van der Waals surface area contributed by atoms with Crippen LogP contribution in [0.2, 0.25) is 0 Å². The van der Waals surface area contributed by atoms with E-state index in [-0.39, 0.29) is 11.9 Å². The Morgan fingerprint density at radius 1 is 1.36 bits per heavy atom. The molecule has 2 bridgehead atoms. The maximum absolute atomic E-state index is 11.5. The van der Waals surface area contributed by atoms with Crippen molar-refractivity contribution >= 4 is 5.97 Å². The number of carbonyl (C=O) groups excluding carboxylic acids is 1. The Kier molecular flexibility index (Phi) is 2.26. The summed E-state index contributed by atoms with van der Waals surface area (Å²) in [5.74, 6) is 2.51. The lowest BCUT2D eigenvalue weighted by molar-refractivity contribution is -0.144. The van der Waals surface area contributed by atoms with Gasteiger partial charge in [0.25, 0.3) is 0 Å². The van der Waals surface area contributed by atoms with Gasteiger partial charge in [-0.3, -0.25) is 4.79 Å². The summed E-state index contributed by atoms with van der Waals surface area (Å²) in [5, 5.41) is 0. The van der Waals surface area contributed by atoms with E-state index in [0.717, 1.165) is 12.3 Å². The minimum Gasteiger partial charge on any atom is -0.372 e. The number of ether oxygens (including phenoxy) is 1. The van der Waals surface area contributed by atoms with Crippen molar-refractivity contribution in [2.45, 2.75) is 26.7 Å². The molecule has 2 fully saturated rings. The molecule has 2 heteroatoms. The summed E-state index contributed by atoms with van der Waals surface area (Å²) >= 11 is 0. The van der Waals surface area contributed by atoms with Crippen molar-refractivity contribution in [1.29, 1.82) is 0 Å². The molecule has 5 atom stereocenters. The van der Waals surface area contributed by atoms with Gasteiger partial charge in [-0.15, -0.1) is 0 Å². The van der Waals surface area contributed by atoms with Crippen molar-refractivity contribution in [1.82, 2.24) is 0 Å². The molecule has 2 aliphatic carbocycles. The van der Waals surface area contributed by atoms with Crippen LogP contribution in [0.25, 0.3) is 0 Å². The Morgan fingerprint density at radius 2 is 2.07 bits per heavy atom. The van der Waals surface area contributed by atoms with E-state index in [9.17, 15) is 4.79 Å². The van der Waals surface area contributed by atoms with Crippen LogP contribution in [0, 0.1) is 42.1 Å². The maximum Gasteiger partial charge on any atom is 0.323 e. The SMILES string of the molecule is C#COC(=O)C1CC2CC1C(C)C2C. The molecule has 0 N–H and O–H groups in total. The van der Waals surface area contributed by atoms with Gasteiger partial charge in [0.1, 0.15) is 6.11 Å². The van der Waals surface area contributed by atoms with E-state index in [1.165, 1.54) is 6.42 Å². The van der Waals surface area contributed by atoms with Gasteiger partial charge >= 0.3 is 5.97 Å². The molecule has 0 aromatic rings.